The largest absolute Gasteiger partial charge is 0.484 e. The molecule has 0 aliphatic rings. The van der Waals surface area contributed by atoms with Gasteiger partial charge in [-0.05, 0) is 23.3 Å². The molecule has 0 saturated heterocycles. The molecule has 0 aliphatic carbocycles. The van der Waals surface area contributed by atoms with E-state index in [2.05, 4.69) is 31.7 Å². The second-order valence-corrected chi connectivity index (χ2v) is 7.63. The van der Waals surface area contributed by atoms with Crippen LogP contribution in [0.15, 0.2) is 97.3 Å². The van der Waals surface area contributed by atoms with Crippen LogP contribution in [0.1, 0.15) is 17.0 Å². The van der Waals surface area contributed by atoms with Crippen molar-refractivity contribution in [3.05, 3.63) is 108 Å². The van der Waals surface area contributed by atoms with Crippen LogP contribution >= 0.6 is 0 Å². The fourth-order valence-corrected chi connectivity index (χ4v) is 3.40. The number of ether oxygens (including phenoxy) is 1. The molecule has 0 spiro atoms. The molecule has 182 valence electrons. The van der Waals surface area contributed by atoms with E-state index in [0.29, 0.717) is 5.75 Å². The third-order valence-corrected chi connectivity index (χ3v) is 5.15. The number of benzene rings is 3. The van der Waals surface area contributed by atoms with Gasteiger partial charge in [0.05, 0.1) is 5.92 Å². The van der Waals surface area contributed by atoms with Crippen LogP contribution in [-0.4, -0.2) is 28.4 Å². The van der Waals surface area contributed by atoms with Crippen LogP contribution in [0, 0.1) is 0 Å². The van der Waals surface area contributed by atoms with E-state index in [1.165, 1.54) is 6.33 Å². The number of para-hydroxylation sites is 1. The number of aromatic nitrogens is 2. The molecule has 0 unspecified atom stereocenters. The molecule has 1 aromatic heterocycles. The lowest BCUT2D eigenvalue weighted by Crippen LogP contribution is -2.36. The van der Waals surface area contributed by atoms with Gasteiger partial charge in [0.2, 0.25) is 5.91 Å². The van der Waals surface area contributed by atoms with Crippen LogP contribution in [0.4, 0.5) is 17.3 Å². The minimum Gasteiger partial charge on any atom is -0.484 e. The van der Waals surface area contributed by atoms with E-state index < -0.39 is 11.8 Å². The molecule has 4 aromatic rings. The quantitative estimate of drug-likeness (QED) is 0.217. The van der Waals surface area contributed by atoms with Crippen LogP contribution < -0.4 is 32.2 Å². The number of nitrogens with one attached hydrogen (secondary N) is 4. The highest BCUT2D eigenvalue weighted by molar-refractivity contribution is 5.89. The Morgan fingerprint density at radius 3 is 1.81 bits per heavy atom. The summed E-state index contributed by atoms with van der Waals surface area (Å²) in [6.45, 7) is -0.205. The zero-order chi connectivity index (χ0) is 25.2. The number of nitrogens with two attached hydrogens (primary N) is 1. The number of carbonyl (C=O) groups excluding carboxylic acids is 2. The number of carbonyl (C=O) groups is 2. The summed E-state index contributed by atoms with van der Waals surface area (Å²) in [7, 11) is 0. The summed E-state index contributed by atoms with van der Waals surface area (Å²) in [5.74, 6) is -0.405. The van der Waals surface area contributed by atoms with Gasteiger partial charge < -0.3 is 10.5 Å². The van der Waals surface area contributed by atoms with E-state index in [0.717, 1.165) is 11.1 Å². The standard InChI is InChI=1S/C26H25N7O3/c27-23-24(31-30-21(34)16-36-20-14-8-3-9-15-20)28-17-29-25(23)32-33-26(35)22(18-10-4-1-5-11-18)19-12-6-2-7-13-19/h1-15,17,22H,16,27H2,(H,30,34)(H,33,35)(H2,28,29,31,32). The lowest BCUT2D eigenvalue weighted by molar-refractivity contribution is -0.122. The molecule has 3 aromatic carbocycles. The Balaban J connectivity index is 1.37. The van der Waals surface area contributed by atoms with Crippen molar-refractivity contribution < 1.29 is 14.3 Å². The van der Waals surface area contributed by atoms with E-state index in [-0.39, 0.29) is 29.8 Å². The fourth-order valence-electron chi connectivity index (χ4n) is 3.40. The van der Waals surface area contributed by atoms with Gasteiger partial charge in [-0.15, -0.1) is 0 Å². The van der Waals surface area contributed by atoms with Crippen LogP contribution in [0.25, 0.3) is 0 Å². The molecule has 0 fully saturated rings. The third kappa shape index (κ3) is 6.26. The molecule has 2 amide bonds. The van der Waals surface area contributed by atoms with E-state index in [1.807, 2.05) is 78.9 Å². The van der Waals surface area contributed by atoms with E-state index in [9.17, 15) is 9.59 Å². The maximum atomic E-state index is 13.2. The highest BCUT2D eigenvalue weighted by Gasteiger charge is 2.23. The second-order valence-electron chi connectivity index (χ2n) is 7.63. The number of rotatable bonds is 10. The molecule has 10 nitrogen and oxygen atoms in total. The van der Waals surface area contributed by atoms with Crippen molar-refractivity contribution in [2.75, 3.05) is 23.2 Å². The Kier molecular flexibility index (Phi) is 7.90. The molecule has 10 heteroatoms. The van der Waals surface area contributed by atoms with Gasteiger partial charge in [-0.25, -0.2) is 9.97 Å². The lowest BCUT2D eigenvalue weighted by Gasteiger charge is -2.19. The van der Waals surface area contributed by atoms with Crippen molar-refractivity contribution in [3.63, 3.8) is 0 Å². The summed E-state index contributed by atoms with van der Waals surface area (Å²) in [5.41, 5.74) is 18.4. The highest BCUT2D eigenvalue weighted by atomic mass is 16.5. The fraction of sp³-hybridized carbons (Fsp3) is 0.0769. The van der Waals surface area contributed by atoms with Gasteiger partial charge >= 0.3 is 0 Å². The van der Waals surface area contributed by atoms with Crippen molar-refractivity contribution in [3.8, 4) is 5.75 Å². The van der Waals surface area contributed by atoms with Gasteiger partial charge in [0, 0.05) is 0 Å². The van der Waals surface area contributed by atoms with Crippen molar-refractivity contribution in [1.82, 2.24) is 20.8 Å². The minimum absolute atomic E-state index is 0.0954. The Hall–Kier alpha value is -5.12. The summed E-state index contributed by atoms with van der Waals surface area (Å²) < 4.78 is 5.39. The van der Waals surface area contributed by atoms with Crippen LogP contribution in [0.2, 0.25) is 0 Å². The van der Waals surface area contributed by atoms with Crippen LogP contribution in [-0.2, 0) is 9.59 Å². The third-order valence-electron chi connectivity index (χ3n) is 5.15. The number of hydrogen-bond acceptors (Lipinski definition) is 8. The highest BCUT2D eigenvalue weighted by Crippen LogP contribution is 2.25. The maximum Gasteiger partial charge on any atom is 0.276 e. The van der Waals surface area contributed by atoms with Gasteiger partial charge in [0.1, 0.15) is 17.8 Å². The number of hydrogen-bond donors (Lipinski definition) is 5. The van der Waals surface area contributed by atoms with Crippen molar-refractivity contribution in [2.45, 2.75) is 5.92 Å². The van der Waals surface area contributed by atoms with Gasteiger partial charge in [-0.2, -0.15) is 0 Å². The first-order chi connectivity index (χ1) is 17.6. The molecule has 6 N–H and O–H groups in total. The first-order valence-electron chi connectivity index (χ1n) is 11.1. The first-order valence-corrected chi connectivity index (χ1v) is 11.1. The molecule has 4 rings (SSSR count). The number of amides is 2. The molecule has 0 bridgehead atoms. The van der Waals surface area contributed by atoms with Crippen molar-refractivity contribution in [2.24, 2.45) is 0 Å². The zero-order valence-corrected chi connectivity index (χ0v) is 19.2. The van der Waals surface area contributed by atoms with Gasteiger partial charge in [-0.1, -0.05) is 78.9 Å². The van der Waals surface area contributed by atoms with Crippen molar-refractivity contribution >= 4 is 29.1 Å². The summed E-state index contributed by atoms with van der Waals surface area (Å²) in [5, 5.41) is 0. The Morgan fingerprint density at radius 2 is 1.25 bits per heavy atom. The maximum absolute atomic E-state index is 13.2. The average Bonchev–Trinajstić information content (AvgIpc) is 2.92. The Morgan fingerprint density at radius 1 is 0.750 bits per heavy atom. The average molecular weight is 484 g/mol. The molecule has 0 radical (unpaired) electrons. The van der Waals surface area contributed by atoms with E-state index in [1.54, 1.807) is 12.1 Å². The summed E-state index contributed by atoms with van der Waals surface area (Å²) in [6, 6.07) is 27.8. The predicted octanol–water partition coefficient (Wildman–Crippen LogP) is 2.86. The number of anilines is 3. The first kappa shape index (κ1) is 24.0. The number of hydrazine groups is 2. The zero-order valence-electron chi connectivity index (χ0n) is 19.2. The molecular weight excluding hydrogens is 458 g/mol. The topological polar surface area (TPSA) is 143 Å². The van der Waals surface area contributed by atoms with E-state index in [4.69, 9.17) is 10.5 Å². The normalized spacial score (nSPS) is 10.4. The van der Waals surface area contributed by atoms with Gasteiger partial charge in [0.15, 0.2) is 18.2 Å². The van der Waals surface area contributed by atoms with E-state index >= 15 is 0 Å². The summed E-state index contributed by atoms with van der Waals surface area (Å²) in [6.07, 6.45) is 1.24. The van der Waals surface area contributed by atoms with Crippen LogP contribution in [0.5, 0.6) is 5.75 Å². The van der Waals surface area contributed by atoms with Gasteiger partial charge in [0.25, 0.3) is 5.91 Å². The Bertz CT molecular complexity index is 1250. The molecule has 1 heterocycles. The molecular formula is C26H25N7O3. The van der Waals surface area contributed by atoms with Gasteiger partial charge in [-0.3, -0.25) is 31.3 Å². The molecule has 36 heavy (non-hydrogen) atoms. The Labute approximate surface area is 207 Å². The SMILES string of the molecule is Nc1c(NNC(=O)COc2ccccc2)ncnc1NNC(=O)C(c1ccccc1)c1ccccc1. The number of nitrogens with zero attached hydrogens (tertiary/aromatic N) is 2. The lowest BCUT2D eigenvalue weighted by atomic mass is 9.91. The number of nitrogen functional groups attached to an aromatic ring is 1. The summed E-state index contributed by atoms with van der Waals surface area (Å²) >= 11 is 0. The predicted molar refractivity (Wildman–Crippen MR) is 137 cm³/mol. The summed E-state index contributed by atoms with van der Waals surface area (Å²) in [4.78, 5) is 33.4. The monoisotopic (exact) mass is 483 g/mol. The molecule has 0 saturated carbocycles. The molecule has 0 atom stereocenters. The van der Waals surface area contributed by atoms with Crippen LogP contribution in [0.3, 0.4) is 0 Å². The smallest absolute Gasteiger partial charge is 0.276 e. The van der Waals surface area contributed by atoms with Crippen molar-refractivity contribution in [1.29, 1.82) is 0 Å². The second kappa shape index (κ2) is 11.8. The minimum atomic E-state index is -0.551. The molecule has 0 aliphatic heterocycles.